The van der Waals surface area contributed by atoms with Crippen LogP contribution < -0.4 is 14.2 Å². The van der Waals surface area contributed by atoms with E-state index in [4.69, 9.17) is 32.1 Å². The van der Waals surface area contributed by atoms with Crippen molar-refractivity contribution in [3.63, 3.8) is 0 Å². The van der Waals surface area contributed by atoms with Crippen LogP contribution >= 0.6 is 10.3 Å². The average Bonchev–Trinajstić information content (AvgIpc) is 3.02. The van der Waals surface area contributed by atoms with Crippen molar-refractivity contribution in [2.24, 2.45) is 0 Å². The van der Waals surface area contributed by atoms with E-state index in [0.717, 1.165) is 0 Å². The first kappa shape index (κ1) is 43.9. The summed E-state index contributed by atoms with van der Waals surface area (Å²) in [5.74, 6) is -1.66. The number of alkyl halides is 3. The third-order valence-corrected chi connectivity index (χ3v) is 11.2. The van der Waals surface area contributed by atoms with Crippen molar-refractivity contribution in [3.8, 4) is 17.2 Å². The van der Waals surface area contributed by atoms with Gasteiger partial charge in [0.25, 0.3) is 0 Å². The molecule has 0 aromatic heterocycles. The van der Waals surface area contributed by atoms with Crippen molar-refractivity contribution < 1.29 is 68.0 Å². The molecule has 0 unspecified atom stereocenters. The van der Waals surface area contributed by atoms with Gasteiger partial charge in [0.2, 0.25) is 0 Å². The molecule has 0 amide bonds. The Bertz CT molecular complexity index is 1670. The molecule has 54 heavy (non-hydrogen) atoms. The first-order chi connectivity index (χ1) is 24.7. The van der Waals surface area contributed by atoms with Crippen LogP contribution in [0.1, 0.15) is 62.3 Å². The molecule has 3 rings (SSSR count). The molecular formula is C37H45F3O12S2. The Morgan fingerprint density at radius 1 is 0.481 bits per heavy atom. The SMILES string of the molecule is CC(C)(C)OC(=O)COc1ccc(S(OS(=O)(=O)C(F)(F)F)(c2ccc(OCC(=O)OC(C)(C)C)cc2)c2ccc(OCC(=O)OC(C)(C)C)cc2)cc1. The van der Waals surface area contributed by atoms with E-state index in [0.29, 0.717) is 0 Å². The molecule has 17 heteroatoms. The zero-order valence-corrected chi connectivity index (χ0v) is 33.0. The average molecular weight is 803 g/mol. The highest BCUT2D eigenvalue weighted by molar-refractivity contribution is 8.33. The van der Waals surface area contributed by atoms with Crippen LogP contribution in [0, 0.1) is 0 Å². The first-order valence-electron chi connectivity index (χ1n) is 16.4. The first-order valence-corrected chi connectivity index (χ1v) is 19.4. The maximum absolute atomic E-state index is 14.1. The second kappa shape index (κ2) is 16.9. The van der Waals surface area contributed by atoms with Crippen molar-refractivity contribution in [2.45, 2.75) is 99.3 Å². The molecule has 3 aromatic carbocycles. The van der Waals surface area contributed by atoms with Gasteiger partial charge in [-0.2, -0.15) is 25.2 Å². The fraction of sp³-hybridized carbons (Fsp3) is 0.432. The van der Waals surface area contributed by atoms with Crippen LogP contribution in [-0.4, -0.2) is 68.5 Å². The Morgan fingerprint density at radius 3 is 0.926 bits per heavy atom. The van der Waals surface area contributed by atoms with Crippen molar-refractivity contribution >= 4 is 38.3 Å². The molecule has 0 heterocycles. The van der Waals surface area contributed by atoms with Crippen molar-refractivity contribution in [1.82, 2.24) is 0 Å². The molecule has 3 aromatic rings. The van der Waals surface area contributed by atoms with E-state index in [1.165, 1.54) is 72.8 Å². The number of ether oxygens (including phenoxy) is 6. The standard InChI is InChI=1S/C37H45F3O12S2/c1-34(2,3)49-31(41)22-46-25-10-16-28(17-11-25)53(52-54(44,45)37(38,39)40,29-18-12-26(13-19-29)47-23-32(42)50-35(4,5)6)30-20-14-27(15-21-30)48-24-33(43)51-36(7,8)9/h10-21H,22-24H2,1-9H3. The van der Waals surface area contributed by atoms with E-state index >= 15 is 0 Å². The molecule has 0 atom stereocenters. The lowest BCUT2D eigenvalue weighted by molar-refractivity contribution is -0.158. The van der Waals surface area contributed by atoms with Gasteiger partial charge >= 0.3 is 33.5 Å². The lowest BCUT2D eigenvalue weighted by Crippen LogP contribution is -2.28. The fourth-order valence-electron chi connectivity index (χ4n) is 4.42. The number of hydrogen-bond donors (Lipinski definition) is 0. The zero-order chi connectivity index (χ0) is 40.8. The minimum absolute atomic E-state index is 0.0233. The van der Waals surface area contributed by atoms with E-state index in [9.17, 15) is 36.0 Å². The summed E-state index contributed by atoms with van der Waals surface area (Å²) >= 11 is 0. The van der Waals surface area contributed by atoms with E-state index in [2.05, 4.69) is 0 Å². The predicted molar refractivity (Wildman–Crippen MR) is 192 cm³/mol. The van der Waals surface area contributed by atoms with E-state index in [1.54, 1.807) is 62.3 Å². The highest BCUT2D eigenvalue weighted by atomic mass is 32.3. The third kappa shape index (κ3) is 13.1. The topological polar surface area (TPSA) is 150 Å². The summed E-state index contributed by atoms with van der Waals surface area (Å²) in [6.45, 7) is 13.6. The van der Waals surface area contributed by atoms with Gasteiger partial charge in [0.1, 0.15) is 34.1 Å². The van der Waals surface area contributed by atoms with E-state index < -0.39 is 80.5 Å². The van der Waals surface area contributed by atoms with Gasteiger partial charge in [0, 0.05) is 14.7 Å². The molecule has 0 aliphatic heterocycles. The smallest absolute Gasteiger partial charge is 0.482 e. The summed E-state index contributed by atoms with van der Waals surface area (Å²) in [6, 6.07) is 15.9. The summed E-state index contributed by atoms with van der Waals surface area (Å²) in [6.07, 6.45) is 0. The number of carbonyl (C=O) groups is 3. The number of halogens is 3. The lowest BCUT2D eigenvalue weighted by atomic mass is 10.2. The molecule has 0 aliphatic carbocycles. The van der Waals surface area contributed by atoms with Gasteiger partial charge in [-0.15, -0.1) is 0 Å². The van der Waals surface area contributed by atoms with Gasteiger partial charge in [-0.05, 0) is 145 Å². The molecule has 0 saturated heterocycles. The van der Waals surface area contributed by atoms with Crippen LogP contribution in [0.2, 0.25) is 0 Å². The Hall–Kier alpha value is -4.48. The molecule has 0 radical (unpaired) electrons. The van der Waals surface area contributed by atoms with Crippen LogP contribution in [0.3, 0.4) is 0 Å². The predicted octanol–water partition coefficient (Wildman–Crippen LogP) is 7.91. The number of esters is 3. The monoisotopic (exact) mass is 802 g/mol. The van der Waals surface area contributed by atoms with Crippen LogP contribution in [0.5, 0.6) is 17.2 Å². The third-order valence-electron chi connectivity index (χ3n) is 6.27. The van der Waals surface area contributed by atoms with Gasteiger partial charge in [0.05, 0.1) is 0 Å². The van der Waals surface area contributed by atoms with Gasteiger partial charge in [-0.3, -0.25) is 0 Å². The number of benzene rings is 3. The Kier molecular flexibility index (Phi) is 13.7. The second-order valence-electron chi connectivity index (χ2n) is 14.6. The van der Waals surface area contributed by atoms with Gasteiger partial charge < -0.3 is 28.4 Å². The molecular weight excluding hydrogens is 758 g/mol. The summed E-state index contributed by atoms with van der Waals surface area (Å²) in [7, 11) is -10.1. The largest absolute Gasteiger partial charge is 0.524 e. The highest BCUT2D eigenvalue weighted by Crippen LogP contribution is 2.71. The Morgan fingerprint density at radius 2 is 0.722 bits per heavy atom. The minimum Gasteiger partial charge on any atom is -0.482 e. The summed E-state index contributed by atoms with van der Waals surface area (Å²) in [4.78, 5) is 36.6. The molecule has 0 saturated carbocycles. The minimum atomic E-state index is -6.29. The molecule has 0 N–H and O–H groups in total. The van der Waals surface area contributed by atoms with Crippen molar-refractivity contribution in [2.75, 3.05) is 19.8 Å². The van der Waals surface area contributed by atoms with E-state index in [1.807, 2.05) is 0 Å². The number of rotatable bonds is 14. The Labute approximate surface area is 314 Å². The highest BCUT2D eigenvalue weighted by Gasteiger charge is 2.52. The molecule has 0 bridgehead atoms. The molecule has 0 aliphatic rings. The quantitative estimate of drug-likeness (QED) is 0.0886. The Balaban J connectivity index is 2.13. The summed E-state index contributed by atoms with van der Waals surface area (Å²) in [5.41, 5.74) is -8.15. The maximum atomic E-state index is 14.1. The van der Waals surface area contributed by atoms with Crippen LogP contribution in [0.25, 0.3) is 0 Å². The van der Waals surface area contributed by atoms with Gasteiger partial charge in [-0.1, -0.05) is 0 Å². The summed E-state index contributed by atoms with van der Waals surface area (Å²) < 4.78 is 106. The zero-order valence-electron chi connectivity index (χ0n) is 31.4. The number of hydrogen-bond acceptors (Lipinski definition) is 12. The van der Waals surface area contributed by atoms with Crippen molar-refractivity contribution in [3.05, 3.63) is 72.8 Å². The maximum Gasteiger partial charge on any atom is 0.524 e. The van der Waals surface area contributed by atoms with Crippen molar-refractivity contribution in [1.29, 1.82) is 0 Å². The molecule has 0 fully saturated rings. The van der Waals surface area contributed by atoms with Crippen LogP contribution in [0.15, 0.2) is 87.5 Å². The van der Waals surface area contributed by atoms with Gasteiger partial charge in [-0.25, -0.2) is 14.4 Å². The second-order valence-corrected chi connectivity index (χ2v) is 19.0. The molecule has 298 valence electrons. The van der Waals surface area contributed by atoms with E-state index in [-0.39, 0.29) is 31.9 Å². The fourth-order valence-corrected chi connectivity index (χ4v) is 9.12. The molecule has 0 spiro atoms. The lowest BCUT2D eigenvalue weighted by Gasteiger charge is -2.39. The molecule has 12 nitrogen and oxygen atoms in total. The van der Waals surface area contributed by atoms with Crippen LogP contribution in [0.4, 0.5) is 13.2 Å². The normalized spacial score (nSPS) is 13.0. The van der Waals surface area contributed by atoms with Crippen LogP contribution in [-0.2, 0) is 42.3 Å². The number of carbonyl (C=O) groups excluding carboxylic acids is 3. The van der Waals surface area contributed by atoms with Gasteiger partial charge in [0.15, 0.2) is 19.8 Å². The summed E-state index contributed by atoms with van der Waals surface area (Å²) in [5, 5.41) is 0.